The Morgan fingerprint density at radius 1 is 1.21 bits per heavy atom. The van der Waals surface area contributed by atoms with Gasteiger partial charge in [-0.3, -0.25) is 10.1 Å². The van der Waals surface area contributed by atoms with Crippen LogP contribution in [0.25, 0.3) is 0 Å². The summed E-state index contributed by atoms with van der Waals surface area (Å²) in [6.07, 6.45) is 5.00. The first-order valence-corrected chi connectivity index (χ1v) is 8.95. The number of nitro groups is 1. The van der Waals surface area contributed by atoms with Crippen molar-refractivity contribution in [3.8, 4) is 17.6 Å². The molecule has 2 aromatic carbocycles. The number of benzene rings is 2. The van der Waals surface area contributed by atoms with Crippen LogP contribution in [0, 0.1) is 27.4 Å². The lowest BCUT2D eigenvalue weighted by Gasteiger charge is -2.38. The van der Waals surface area contributed by atoms with Crippen LogP contribution in [-0.4, -0.2) is 19.1 Å². The highest BCUT2D eigenvalue weighted by Gasteiger charge is 2.41. The molecule has 0 saturated heterocycles. The number of anilines is 1. The zero-order valence-corrected chi connectivity index (χ0v) is 15.5. The predicted octanol–water partition coefficient (Wildman–Crippen LogP) is 4.31. The fourth-order valence-corrected chi connectivity index (χ4v) is 4.27. The topological polar surface area (TPSA) is 97.4 Å². The van der Waals surface area contributed by atoms with E-state index in [1.165, 1.54) is 6.07 Å². The summed E-state index contributed by atoms with van der Waals surface area (Å²) in [6, 6.07) is 10.5. The molecule has 1 aliphatic carbocycles. The number of nitrogens with zero attached hydrogens (tertiary/aromatic N) is 2. The van der Waals surface area contributed by atoms with Gasteiger partial charge in [0.05, 0.1) is 36.4 Å². The number of nitro benzene ring substituents is 1. The summed E-state index contributed by atoms with van der Waals surface area (Å²) in [5.41, 5.74) is 2.59. The molecule has 2 aromatic rings. The zero-order chi connectivity index (χ0) is 19.8. The average molecular weight is 377 g/mol. The molecule has 7 heteroatoms. The standard InChI is InChI=1S/C21H19N3O4/c1-27-14-6-7-19(28-2)18(10-14)21-16-5-3-4-15(16)17-9-13(24(25)26)8-12(11-22)20(17)23-21/h3-4,6-10,15-16,21,23H,5H2,1-2H3/t15-,16+,21-/m1/s1. The summed E-state index contributed by atoms with van der Waals surface area (Å²) >= 11 is 0. The van der Waals surface area contributed by atoms with Crippen LogP contribution >= 0.6 is 0 Å². The molecule has 0 amide bonds. The molecule has 0 spiro atoms. The van der Waals surface area contributed by atoms with E-state index in [-0.39, 0.29) is 29.1 Å². The molecule has 0 aromatic heterocycles. The number of non-ortho nitro benzene ring substituents is 1. The van der Waals surface area contributed by atoms with Gasteiger partial charge in [-0.15, -0.1) is 0 Å². The quantitative estimate of drug-likeness (QED) is 0.484. The van der Waals surface area contributed by atoms with Crippen LogP contribution in [-0.2, 0) is 0 Å². The van der Waals surface area contributed by atoms with Crippen LogP contribution in [0.4, 0.5) is 11.4 Å². The van der Waals surface area contributed by atoms with Gasteiger partial charge in [-0.25, -0.2) is 0 Å². The van der Waals surface area contributed by atoms with Gasteiger partial charge in [-0.1, -0.05) is 12.2 Å². The molecule has 142 valence electrons. The minimum Gasteiger partial charge on any atom is -0.497 e. The Hall–Kier alpha value is -3.53. The lowest BCUT2D eigenvalue weighted by Crippen LogP contribution is -2.30. The molecular weight excluding hydrogens is 358 g/mol. The predicted molar refractivity (Wildman–Crippen MR) is 104 cm³/mol. The van der Waals surface area contributed by atoms with Crippen molar-refractivity contribution in [2.24, 2.45) is 5.92 Å². The fraction of sp³-hybridized carbons (Fsp3) is 0.286. The highest BCUT2D eigenvalue weighted by atomic mass is 16.6. The molecule has 1 N–H and O–H groups in total. The van der Waals surface area contributed by atoms with Crippen LogP contribution in [0.2, 0.25) is 0 Å². The number of ether oxygens (including phenoxy) is 2. The van der Waals surface area contributed by atoms with Crippen molar-refractivity contribution in [1.29, 1.82) is 5.26 Å². The SMILES string of the molecule is COc1ccc(OC)c([C@@H]2Nc3c(C#N)cc([N+](=O)[O-])cc3[C@@H]3C=CC[C@@H]32)c1. The van der Waals surface area contributed by atoms with E-state index in [9.17, 15) is 15.4 Å². The molecule has 0 bridgehead atoms. The first-order valence-electron chi connectivity index (χ1n) is 8.95. The molecular formula is C21H19N3O4. The molecule has 1 aliphatic heterocycles. The summed E-state index contributed by atoms with van der Waals surface area (Å²) in [4.78, 5) is 10.9. The molecule has 0 radical (unpaired) electrons. The number of fused-ring (bicyclic) bond motifs is 3. The summed E-state index contributed by atoms with van der Waals surface area (Å²) in [6.45, 7) is 0. The van der Waals surface area contributed by atoms with Crippen molar-refractivity contribution >= 4 is 11.4 Å². The number of allylic oxidation sites excluding steroid dienone is 2. The van der Waals surface area contributed by atoms with E-state index in [4.69, 9.17) is 9.47 Å². The molecule has 3 atom stereocenters. The van der Waals surface area contributed by atoms with Gasteiger partial charge in [-0.2, -0.15) is 5.26 Å². The van der Waals surface area contributed by atoms with Crippen molar-refractivity contribution in [1.82, 2.24) is 0 Å². The van der Waals surface area contributed by atoms with E-state index in [1.54, 1.807) is 20.3 Å². The largest absolute Gasteiger partial charge is 0.497 e. The minimum atomic E-state index is -0.452. The monoisotopic (exact) mass is 377 g/mol. The van der Waals surface area contributed by atoms with Crippen LogP contribution < -0.4 is 14.8 Å². The maximum absolute atomic E-state index is 11.3. The van der Waals surface area contributed by atoms with Gasteiger partial charge >= 0.3 is 0 Å². The number of hydrogen-bond acceptors (Lipinski definition) is 6. The Morgan fingerprint density at radius 3 is 2.71 bits per heavy atom. The maximum Gasteiger partial charge on any atom is 0.271 e. The number of nitrogens with one attached hydrogen (secondary N) is 1. The Bertz CT molecular complexity index is 1030. The first-order chi connectivity index (χ1) is 13.6. The third-order valence-corrected chi connectivity index (χ3v) is 5.56. The smallest absolute Gasteiger partial charge is 0.271 e. The second-order valence-electron chi connectivity index (χ2n) is 6.91. The van der Waals surface area contributed by atoms with Gasteiger partial charge in [0.15, 0.2) is 0 Å². The van der Waals surface area contributed by atoms with Gasteiger partial charge in [0.25, 0.3) is 5.69 Å². The second-order valence-corrected chi connectivity index (χ2v) is 6.91. The third-order valence-electron chi connectivity index (χ3n) is 5.56. The van der Waals surface area contributed by atoms with Gasteiger partial charge in [-0.05, 0) is 36.1 Å². The minimum absolute atomic E-state index is 0.0100. The molecule has 0 saturated carbocycles. The molecule has 7 nitrogen and oxygen atoms in total. The van der Waals surface area contributed by atoms with Crippen LogP contribution in [0.1, 0.15) is 35.1 Å². The summed E-state index contributed by atoms with van der Waals surface area (Å²) in [5, 5.41) is 24.4. The van der Waals surface area contributed by atoms with Gasteiger partial charge in [0.1, 0.15) is 17.6 Å². The van der Waals surface area contributed by atoms with Crippen LogP contribution in [0.3, 0.4) is 0 Å². The van der Waals surface area contributed by atoms with E-state index in [0.717, 1.165) is 29.0 Å². The summed E-state index contributed by atoms with van der Waals surface area (Å²) < 4.78 is 11.0. The summed E-state index contributed by atoms with van der Waals surface area (Å²) in [7, 11) is 3.23. The van der Waals surface area contributed by atoms with Crippen molar-refractivity contribution in [3.63, 3.8) is 0 Å². The van der Waals surface area contributed by atoms with E-state index < -0.39 is 4.92 Å². The van der Waals surface area contributed by atoms with E-state index >= 15 is 0 Å². The van der Waals surface area contributed by atoms with Crippen LogP contribution in [0.15, 0.2) is 42.5 Å². The second kappa shape index (κ2) is 6.89. The summed E-state index contributed by atoms with van der Waals surface area (Å²) in [5.74, 6) is 1.59. The molecule has 1 heterocycles. The molecule has 28 heavy (non-hydrogen) atoms. The normalized spacial score (nSPS) is 21.8. The Labute approximate surface area is 162 Å². The lowest BCUT2D eigenvalue weighted by atomic mass is 9.76. The van der Waals surface area contributed by atoms with Gasteiger partial charge in [0, 0.05) is 23.6 Å². The van der Waals surface area contributed by atoms with E-state index in [1.807, 2.05) is 18.2 Å². The number of hydrogen-bond donors (Lipinski definition) is 1. The molecule has 0 fully saturated rings. The Morgan fingerprint density at radius 2 is 2.04 bits per heavy atom. The number of nitriles is 1. The van der Waals surface area contributed by atoms with Gasteiger partial charge in [0.2, 0.25) is 0 Å². The highest BCUT2D eigenvalue weighted by Crippen LogP contribution is 2.53. The Balaban J connectivity index is 1.88. The Kier molecular flexibility index (Phi) is 4.40. The number of methoxy groups -OCH3 is 2. The van der Waals surface area contributed by atoms with Crippen molar-refractivity contribution in [3.05, 3.63) is 69.3 Å². The first kappa shape index (κ1) is 17.9. The molecule has 4 rings (SSSR count). The fourth-order valence-electron chi connectivity index (χ4n) is 4.27. The molecule has 2 aliphatic rings. The highest BCUT2D eigenvalue weighted by molar-refractivity contribution is 5.71. The van der Waals surface area contributed by atoms with Crippen molar-refractivity contribution in [2.45, 2.75) is 18.4 Å². The maximum atomic E-state index is 11.3. The van der Waals surface area contributed by atoms with Crippen molar-refractivity contribution in [2.75, 3.05) is 19.5 Å². The van der Waals surface area contributed by atoms with E-state index in [2.05, 4.69) is 23.5 Å². The van der Waals surface area contributed by atoms with E-state index in [0.29, 0.717) is 5.69 Å². The van der Waals surface area contributed by atoms with Crippen molar-refractivity contribution < 1.29 is 14.4 Å². The average Bonchev–Trinajstić information content (AvgIpc) is 3.22. The zero-order valence-electron chi connectivity index (χ0n) is 15.5. The third kappa shape index (κ3) is 2.74. The van der Waals surface area contributed by atoms with Gasteiger partial charge < -0.3 is 14.8 Å². The lowest BCUT2D eigenvalue weighted by molar-refractivity contribution is -0.384. The van der Waals surface area contributed by atoms with Crippen LogP contribution in [0.5, 0.6) is 11.5 Å². The molecule has 0 unspecified atom stereocenters. The number of rotatable bonds is 4.